The SMILES string of the molecule is COc1ccc(-c2noc(Cn3nnc(-c4cccc(C(F)(F)F)c4)n3)n2)cc1. The molecule has 0 bridgehead atoms. The van der Waals surface area contributed by atoms with Crippen LogP contribution in [0.25, 0.3) is 22.8 Å². The first-order valence-electron chi connectivity index (χ1n) is 8.35. The normalized spacial score (nSPS) is 11.6. The van der Waals surface area contributed by atoms with Gasteiger partial charge in [0.25, 0.3) is 5.89 Å². The lowest BCUT2D eigenvalue weighted by molar-refractivity contribution is -0.137. The smallest absolute Gasteiger partial charge is 0.416 e. The molecule has 4 rings (SSSR count). The Kier molecular flexibility index (Phi) is 4.71. The summed E-state index contributed by atoms with van der Waals surface area (Å²) in [6.07, 6.45) is -4.45. The molecule has 0 saturated heterocycles. The van der Waals surface area contributed by atoms with E-state index in [1.807, 2.05) is 0 Å². The van der Waals surface area contributed by atoms with E-state index in [4.69, 9.17) is 9.26 Å². The van der Waals surface area contributed by atoms with Crippen molar-refractivity contribution in [2.24, 2.45) is 0 Å². The molecule has 0 unspecified atom stereocenters. The molecule has 2 aromatic carbocycles. The highest BCUT2D eigenvalue weighted by Gasteiger charge is 2.30. The Bertz CT molecular complexity index is 1120. The second kappa shape index (κ2) is 7.34. The van der Waals surface area contributed by atoms with Crippen molar-refractivity contribution in [2.45, 2.75) is 12.7 Å². The van der Waals surface area contributed by atoms with Gasteiger partial charge in [-0.15, -0.1) is 10.2 Å². The standard InChI is InChI=1S/C18H13F3N6O2/c1-28-14-7-5-11(6-8-14)16-22-15(29-25-16)10-27-24-17(23-26-27)12-3-2-4-13(9-12)18(19,20)21/h2-9H,10H2,1H3. The number of alkyl halides is 3. The summed E-state index contributed by atoms with van der Waals surface area (Å²) in [5.41, 5.74) is 0.153. The van der Waals surface area contributed by atoms with Gasteiger partial charge >= 0.3 is 6.18 Å². The van der Waals surface area contributed by atoms with Crippen LogP contribution in [-0.2, 0) is 12.7 Å². The van der Waals surface area contributed by atoms with Crippen molar-refractivity contribution < 1.29 is 22.4 Å². The van der Waals surface area contributed by atoms with Crippen LogP contribution in [0.15, 0.2) is 53.1 Å². The van der Waals surface area contributed by atoms with Crippen molar-refractivity contribution in [1.29, 1.82) is 0 Å². The van der Waals surface area contributed by atoms with Gasteiger partial charge in [0.05, 0.1) is 12.7 Å². The molecule has 2 heterocycles. The van der Waals surface area contributed by atoms with Gasteiger partial charge in [-0.3, -0.25) is 0 Å². The highest BCUT2D eigenvalue weighted by atomic mass is 19.4. The van der Waals surface area contributed by atoms with Gasteiger partial charge in [0, 0.05) is 11.1 Å². The maximum absolute atomic E-state index is 12.9. The molecule has 29 heavy (non-hydrogen) atoms. The molecule has 0 N–H and O–H groups in total. The zero-order valence-corrected chi connectivity index (χ0v) is 15.0. The Morgan fingerprint density at radius 3 is 2.55 bits per heavy atom. The molecule has 4 aromatic rings. The van der Waals surface area contributed by atoms with E-state index in [0.717, 1.165) is 17.7 Å². The minimum absolute atomic E-state index is 0.0229. The van der Waals surface area contributed by atoms with E-state index < -0.39 is 11.7 Å². The lowest BCUT2D eigenvalue weighted by atomic mass is 10.1. The fourth-order valence-electron chi connectivity index (χ4n) is 2.56. The fraction of sp³-hybridized carbons (Fsp3) is 0.167. The average molecular weight is 402 g/mol. The Morgan fingerprint density at radius 2 is 1.83 bits per heavy atom. The summed E-state index contributed by atoms with van der Waals surface area (Å²) in [6.45, 7) is 0.0229. The zero-order chi connectivity index (χ0) is 20.4. The first-order valence-corrected chi connectivity index (χ1v) is 8.35. The van der Waals surface area contributed by atoms with Gasteiger partial charge in [-0.25, -0.2) is 0 Å². The quantitative estimate of drug-likeness (QED) is 0.505. The van der Waals surface area contributed by atoms with Gasteiger partial charge < -0.3 is 9.26 Å². The van der Waals surface area contributed by atoms with Gasteiger partial charge in [-0.1, -0.05) is 17.3 Å². The number of ether oxygens (including phenoxy) is 1. The first kappa shape index (κ1) is 18.6. The third-order valence-corrected chi connectivity index (χ3v) is 3.99. The van der Waals surface area contributed by atoms with Crippen LogP contribution in [0.4, 0.5) is 13.2 Å². The highest BCUT2D eigenvalue weighted by Crippen LogP contribution is 2.31. The van der Waals surface area contributed by atoms with Crippen LogP contribution < -0.4 is 4.74 Å². The number of aromatic nitrogens is 6. The van der Waals surface area contributed by atoms with E-state index in [0.29, 0.717) is 11.6 Å². The molecule has 0 amide bonds. The van der Waals surface area contributed by atoms with E-state index in [9.17, 15) is 13.2 Å². The molecule has 0 spiro atoms. The van der Waals surface area contributed by atoms with Gasteiger partial charge in [0.2, 0.25) is 11.6 Å². The number of rotatable bonds is 5. The summed E-state index contributed by atoms with van der Waals surface area (Å²) in [7, 11) is 1.57. The van der Waals surface area contributed by atoms with Crippen molar-refractivity contribution in [3.05, 3.63) is 60.0 Å². The predicted octanol–water partition coefficient (Wildman–Crippen LogP) is 3.47. The van der Waals surface area contributed by atoms with Gasteiger partial charge in [0.15, 0.2) is 0 Å². The summed E-state index contributed by atoms with van der Waals surface area (Å²) in [5.74, 6) is 1.36. The van der Waals surface area contributed by atoms with Crippen molar-refractivity contribution in [2.75, 3.05) is 7.11 Å². The Hall–Kier alpha value is -3.76. The molecule has 0 aliphatic heterocycles. The molecule has 8 nitrogen and oxygen atoms in total. The Balaban J connectivity index is 1.51. The average Bonchev–Trinajstić information content (AvgIpc) is 3.38. The van der Waals surface area contributed by atoms with E-state index in [1.165, 1.54) is 16.9 Å². The first-order chi connectivity index (χ1) is 13.9. The molecule has 0 radical (unpaired) electrons. The van der Waals surface area contributed by atoms with Crippen LogP contribution in [0, 0.1) is 0 Å². The van der Waals surface area contributed by atoms with Gasteiger partial charge in [-0.05, 0) is 41.6 Å². The Morgan fingerprint density at radius 1 is 1.03 bits per heavy atom. The van der Waals surface area contributed by atoms with Crippen molar-refractivity contribution in [3.63, 3.8) is 0 Å². The van der Waals surface area contributed by atoms with Crippen molar-refractivity contribution >= 4 is 0 Å². The molecule has 11 heteroatoms. The van der Waals surface area contributed by atoms with Crippen LogP contribution >= 0.6 is 0 Å². The predicted molar refractivity (Wildman–Crippen MR) is 93.6 cm³/mol. The van der Waals surface area contributed by atoms with Crippen LogP contribution in [0.1, 0.15) is 11.5 Å². The van der Waals surface area contributed by atoms with Crippen LogP contribution in [0.3, 0.4) is 0 Å². The van der Waals surface area contributed by atoms with E-state index >= 15 is 0 Å². The number of benzene rings is 2. The van der Waals surface area contributed by atoms with Crippen molar-refractivity contribution in [1.82, 2.24) is 30.3 Å². The van der Waals surface area contributed by atoms with Gasteiger partial charge in [-0.2, -0.15) is 23.0 Å². The topological polar surface area (TPSA) is 91.8 Å². The molecule has 2 aromatic heterocycles. The molecule has 0 aliphatic carbocycles. The number of hydrogen-bond acceptors (Lipinski definition) is 7. The molecule has 0 saturated carbocycles. The minimum Gasteiger partial charge on any atom is -0.497 e. The lowest BCUT2D eigenvalue weighted by Gasteiger charge is -2.06. The Labute approximate surface area is 161 Å². The number of methoxy groups -OCH3 is 1. The summed E-state index contributed by atoms with van der Waals surface area (Å²) in [6, 6.07) is 11.8. The minimum atomic E-state index is -4.45. The van der Waals surface area contributed by atoms with E-state index in [-0.39, 0.29) is 23.8 Å². The van der Waals surface area contributed by atoms with Crippen LogP contribution in [0.5, 0.6) is 5.75 Å². The molecular weight excluding hydrogens is 389 g/mol. The largest absolute Gasteiger partial charge is 0.497 e. The van der Waals surface area contributed by atoms with E-state index in [2.05, 4.69) is 25.6 Å². The van der Waals surface area contributed by atoms with E-state index in [1.54, 1.807) is 31.4 Å². The third kappa shape index (κ3) is 4.08. The lowest BCUT2D eigenvalue weighted by Crippen LogP contribution is -2.05. The maximum Gasteiger partial charge on any atom is 0.416 e. The highest BCUT2D eigenvalue weighted by molar-refractivity contribution is 5.56. The summed E-state index contributed by atoms with van der Waals surface area (Å²) in [5, 5.41) is 15.6. The van der Waals surface area contributed by atoms with Crippen molar-refractivity contribution in [3.8, 4) is 28.5 Å². The number of halogens is 3. The maximum atomic E-state index is 12.9. The monoisotopic (exact) mass is 402 g/mol. The molecule has 0 aliphatic rings. The van der Waals surface area contributed by atoms with Crippen LogP contribution in [0.2, 0.25) is 0 Å². The summed E-state index contributed by atoms with van der Waals surface area (Å²) in [4.78, 5) is 5.43. The third-order valence-electron chi connectivity index (χ3n) is 3.99. The molecule has 0 atom stereocenters. The zero-order valence-electron chi connectivity index (χ0n) is 15.0. The van der Waals surface area contributed by atoms with Gasteiger partial charge in [0.1, 0.15) is 12.3 Å². The molecule has 0 fully saturated rings. The summed E-state index contributed by atoms with van der Waals surface area (Å²) < 4.78 is 48.9. The second-order valence-corrected chi connectivity index (χ2v) is 5.96. The number of nitrogens with zero attached hydrogens (tertiary/aromatic N) is 6. The second-order valence-electron chi connectivity index (χ2n) is 5.96. The van der Waals surface area contributed by atoms with Crippen LogP contribution in [-0.4, -0.2) is 37.5 Å². The number of hydrogen-bond donors (Lipinski definition) is 0. The molecule has 148 valence electrons. The summed E-state index contributed by atoms with van der Waals surface area (Å²) >= 11 is 0. The number of tetrazole rings is 1. The molecular formula is C18H13F3N6O2. The fourth-order valence-corrected chi connectivity index (χ4v) is 2.56.